The maximum atomic E-state index is 12.3. The number of amides is 3. The predicted molar refractivity (Wildman–Crippen MR) is 76.4 cm³/mol. The summed E-state index contributed by atoms with van der Waals surface area (Å²) >= 11 is 0. The number of nitrogens with one attached hydrogen (secondary N) is 1. The molecule has 1 saturated heterocycles. The molecule has 0 atom stereocenters. The summed E-state index contributed by atoms with van der Waals surface area (Å²) in [7, 11) is 0. The first-order chi connectivity index (χ1) is 10.3. The van der Waals surface area contributed by atoms with E-state index < -0.39 is 11.6 Å². The Morgan fingerprint density at radius 3 is 2.23 bits per heavy atom. The standard InChI is InChI=1S/C13H19N5O4/c1-13(2,15-11(20)21)10(19)16-5-7-17(8-6-16)12(22)18-4-3-14-9-18/h3-4,9,15H,5-8H2,1-2H3,(H,20,21). The first-order valence-corrected chi connectivity index (χ1v) is 6.89. The molecule has 3 amide bonds. The van der Waals surface area contributed by atoms with Crippen molar-refractivity contribution in [3.8, 4) is 0 Å². The minimum atomic E-state index is -1.24. The predicted octanol–water partition coefficient (Wildman–Crippen LogP) is 0.0416. The average molecular weight is 309 g/mol. The van der Waals surface area contributed by atoms with E-state index in [9.17, 15) is 14.4 Å². The maximum Gasteiger partial charge on any atom is 0.405 e. The second kappa shape index (κ2) is 6.04. The molecule has 0 bridgehead atoms. The van der Waals surface area contributed by atoms with Crippen LogP contribution in [-0.2, 0) is 4.79 Å². The molecule has 2 N–H and O–H groups in total. The van der Waals surface area contributed by atoms with Gasteiger partial charge in [-0.2, -0.15) is 0 Å². The largest absolute Gasteiger partial charge is 0.465 e. The van der Waals surface area contributed by atoms with Gasteiger partial charge in [0, 0.05) is 38.6 Å². The molecule has 9 nitrogen and oxygen atoms in total. The van der Waals surface area contributed by atoms with Gasteiger partial charge in [-0.05, 0) is 13.8 Å². The van der Waals surface area contributed by atoms with Crippen LogP contribution < -0.4 is 5.32 Å². The Balaban J connectivity index is 1.93. The summed E-state index contributed by atoms with van der Waals surface area (Å²) in [6.45, 7) is 4.56. The van der Waals surface area contributed by atoms with E-state index in [1.807, 2.05) is 0 Å². The monoisotopic (exact) mass is 309 g/mol. The fourth-order valence-corrected chi connectivity index (χ4v) is 2.35. The highest BCUT2D eigenvalue weighted by Gasteiger charge is 2.35. The van der Waals surface area contributed by atoms with Gasteiger partial charge in [0.05, 0.1) is 0 Å². The Hall–Kier alpha value is -2.58. The van der Waals surface area contributed by atoms with Gasteiger partial charge in [-0.3, -0.25) is 9.36 Å². The highest BCUT2D eigenvalue weighted by atomic mass is 16.4. The Bertz CT molecular complexity index is 561. The first kappa shape index (κ1) is 15.8. The quantitative estimate of drug-likeness (QED) is 0.802. The molecule has 22 heavy (non-hydrogen) atoms. The second-order valence-electron chi connectivity index (χ2n) is 5.59. The van der Waals surface area contributed by atoms with Crippen molar-refractivity contribution in [2.75, 3.05) is 26.2 Å². The van der Waals surface area contributed by atoms with Crippen molar-refractivity contribution in [1.29, 1.82) is 0 Å². The van der Waals surface area contributed by atoms with Crippen LogP contribution in [0, 0.1) is 0 Å². The van der Waals surface area contributed by atoms with Crippen molar-refractivity contribution < 1.29 is 19.5 Å². The molecule has 2 heterocycles. The zero-order valence-electron chi connectivity index (χ0n) is 12.5. The van der Waals surface area contributed by atoms with Crippen LogP contribution in [-0.4, -0.2) is 74.2 Å². The number of hydrogen-bond acceptors (Lipinski definition) is 4. The third-order valence-corrected chi connectivity index (χ3v) is 3.52. The van der Waals surface area contributed by atoms with E-state index in [-0.39, 0.29) is 11.9 Å². The normalized spacial score (nSPS) is 15.5. The van der Waals surface area contributed by atoms with Gasteiger partial charge in [0.2, 0.25) is 5.91 Å². The molecule has 1 aliphatic heterocycles. The van der Waals surface area contributed by atoms with Crippen LogP contribution in [0.15, 0.2) is 18.7 Å². The number of piperazine rings is 1. The Labute approximate surface area is 127 Å². The lowest BCUT2D eigenvalue weighted by atomic mass is 10.0. The number of carbonyl (C=O) groups excluding carboxylic acids is 2. The van der Waals surface area contributed by atoms with Gasteiger partial charge >= 0.3 is 12.1 Å². The highest BCUT2D eigenvalue weighted by Crippen LogP contribution is 2.12. The summed E-state index contributed by atoms with van der Waals surface area (Å²) in [6, 6.07) is -0.187. The minimum absolute atomic E-state index is 0.187. The van der Waals surface area contributed by atoms with Gasteiger partial charge in [0.1, 0.15) is 11.9 Å². The molecule has 1 aromatic heterocycles. The Kier molecular flexibility index (Phi) is 4.34. The molecule has 120 valence electrons. The topological polar surface area (TPSA) is 108 Å². The third kappa shape index (κ3) is 3.35. The zero-order valence-corrected chi connectivity index (χ0v) is 12.5. The van der Waals surface area contributed by atoms with Crippen molar-refractivity contribution in [1.82, 2.24) is 24.7 Å². The number of hydrogen-bond donors (Lipinski definition) is 2. The van der Waals surface area contributed by atoms with Crippen LogP contribution in [0.3, 0.4) is 0 Å². The summed E-state index contributed by atoms with van der Waals surface area (Å²) in [5, 5.41) is 11.0. The summed E-state index contributed by atoms with van der Waals surface area (Å²) in [4.78, 5) is 42.2. The highest BCUT2D eigenvalue weighted by molar-refractivity contribution is 5.89. The SMILES string of the molecule is CC(C)(NC(=O)O)C(=O)N1CCN(C(=O)n2ccnc2)CC1. The molecule has 0 spiro atoms. The van der Waals surface area contributed by atoms with E-state index in [1.54, 1.807) is 16.0 Å². The zero-order chi connectivity index (χ0) is 16.3. The van der Waals surface area contributed by atoms with Gasteiger partial charge in [0.25, 0.3) is 0 Å². The molecule has 0 aromatic carbocycles. The molecule has 2 rings (SSSR count). The van der Waals surface area contributed by atoms with Crippen molar-refractivity contribution in [3.05, 3.63) is 18.7 Å². The van der Waals surface area contributed by atoms with Crippen molar-refractivity contribution in [2.45, 2.75) is 19.4 Å². The van der Waals surface area contributed by atoms with Gasteiger partial charge < -0.3 is 20.2 Å². The number of carboxylic acid groups (broad SMARTS) is 1. The van der Waals surface area contributed by atoms with Crippen LogP contribution in [0.5, 0.6) is 0 Å². The average Bonchev–Trinajstić information content (AvgIpc) is 2.98. The number of nitrogens with zero attached hydrogens (tertiary/aromatic N) is 4. The number of rotatable bonds is 2. The first-order valence-electron chi connectivity index (χ1n) is 6.89. The van der Waals surface area contributed by atoms with Crippen LogP contribution in [0.25, 0.3) is 0 Å². The number of carbonyl (C=O) groups is 3. The van der Waals surface area contributed by atoms with Gasteiger partial charge in [-0.25, -0.2) is 14.6 Å². The number of aromatic nitrogens is 2. The smallest absolute Gasteiger partial charge is 0.405 e. The van der Waals surface area contributed by atoms with Crippen LogP contribution in [0.2, 0.25) is 0 Å². The number of imidazole rings is 1. The van der Waals surface area contributed by atoms with Crippen LogP contribution in [0.1, 0.15) is 13.8 Å². The van der Waals surface area contributed by atoms with E-state index in [2.05, 4.69) is 10.3 Å². The maximum absolute atomic E-state index is 12.3. The molecular formula is C13H19N5O4. The Morgan fingerprint density at radius 1 is 1.14 bits per heavy atom. The summed E-state index contributed by atoms with van der Waals surface area (Å²) in [5.74, 6) is -0.301. The third-order valence-electron chi connectivity index (χ3n) is 3.52. The molecule has 0 radical (unpaired) electrons. The Morgan fingerprint density at radius 2 is 1.73 bits per heavy atom. The molecule has 0 unspecified atom stereocenters. The lowest BCUT2D eigenvalue weighted by Gasteiger charge is -2.38. The van der Waals surface area contributed by atoms with Crippen LogP contribution >= 0.6 is 0 Å². The van der Waals surface area contributed by atoms with Gasteiger partial charge in [-0.15, -0.1) is 0 Å². The van der Waals surface area contributed by atoms with Crippen LogP contribution in [0.4, 0.5) is 9.59 Å². The molecule has 9 heteroatoms. The molecule has 0 saturated carbocycles. The van der Waals surface area contributed by atoms with E-state index >= 15 is 0 Å². The lowest BCUT2D eigenvalue weighted by molar-refractivity contribution is -0.138. The van der Waals surface area contributed by atoms with Crippen molar-refractivity contribution in [2.24, 2.45) is 0 Å². The van der Waals surface area contributed by atoms with Gasteiger partial charge in [0.15, 0.2) is 0 Å². The minimum Gasteiger partial charge on any atom is -0.465 e. The fraction of sp³-hybridized carbons (Fsp3) is 0.538. The molecule has 1 fully saturated rings. The summed E-state index contributed by atoms with van der Waals surface area (Å²) in [6.07, 6.45) is 3.28. The van der Waals surface area contributed by atoms with Crippen molar-refractivity contribution in [3.63, 3.8) is 0 Å². The summed E-state index contributed by atoms with van der Waals surface area (Å²) in [5.41, 5.74) is -1.19. The molecule has 0 aliphatic carbocycles. The van der Waals surface area contributed by atoms with E-state index in [0.29, 0.717) is 26.2 Å². The van der Waals surface area contributed by atoms with E-state index in [0.717, 1.165) is 0 Å². The lowest BCUT2D eigenvalue weighted by Crippen LogP contribution is -2.60. The summed E-state index contributed by atoms with van der Waals surface area (Å²) < 4.78 is 1.38. The molecule has 1 aromatic rings. The molecule has 1 aliphatic rings. The molecular weight excluding hydrogens is 290 g/mol. The second-order valence-corrected chi connectivity index (χ2v) is 5.59. The van der Waals surface area contributed by atoms with E-state index in [4.69, 9.17) is 5.11 Å². The van der Waals surface area contributed by atoms with Gasteiger partial charge in [-0.1, -0.05) is 0 Å². The van der Waals surface area contributed by atoms with Crippen molar-refractivity contribution >= 4 is 18.0 Å². The fourth-order valence-electron chi connectivity index (χ4n) is 2.35. The van der Waals surface area contributed by atoms with E-state index in [1.165, 1.54) is 30.9 Å².